The standard InChI is InChI=1S/C15H15NO4/c1-18-15-4-2-3-10(16-15)8-19-11-5-6-12-13(17)9-20-14(12)7-11/h2-7,13,17H,8-9H2,1H3. The lowest BCUT2D eigenvalue weighted by Crippen LogP contribution is -1.99. The molecule has 5 nitrogen and oxygen atoms in total. The molecule has 0 saturated heterocycles. The fraction of sp³-hybridized carbons (Fsp3) is 0.267. The van der Waals surface area contributed by atoms with E-state index in [2.05, 4.69) is 4.98 Å². The molecule has 1 atom stereocenters. The minimum atomic E-state index is -0.542. The molecule has 0 bridgehead atoms. The zero-order valence-electron chi connectivity index (χ0n) is 11.1. The van der Waals surface area contributed by atoms with Crippen LogP contribution in [0.25, 0.3) is 0 Å². The zero-order valence-corrected chi connectivity index (χ0v) is 11.1. The van der Waals surface area contributed by atoms with Gasteiger partial charge in [-0.3, -0.25) is 0 Å². The number of fused-ring (bicyclic) bond motifs is 1. The van der Waals surface area contributed by atoms with Crippen LogP contribution in [0.2, 0.25) is 0 Å². The summed E-state index contributed by atoms with van der Waals surface area (Å²) in [6, 6.07) is 10.9. The molecule has 0 spiro atoms. The van der Waals surface area contributed by atoms with Crippen molar-refractivity contribution in [3.05, 3.63) is 47.7 Å². The summed E-state index contributed by atoms with van der Waals surface area (Å²) >= 11 is 0. The Balaban J connectivity index is 1.69. The van der Waals surface area contributed by atoms with Crippen molar-refractivity contribution in [2.24, 2.45) is 0 Å². The summed E-state index contributed by atoms with van der Waals surface area (Å²) in [5.41, 5.74) is 1.59. The molecule has 1 N–H and O–H groups in total. The molecule has 1 aromatic heterocycles. The van der Waals surface area contributed by atoms with E-state index in [0.717, 1.165) is 11.3 Å². The molecule has 0 saturated carbocycles. The monoisotopic (exact) mass is 273 g/mol. The van der Waals surface area contributed by atoms with Crippen LogP contribution in [0, 0.1) is 0 Å². The predicted molar refractivity (Wildman–Crippen MR) is 72.0 cm³/mol. The molecule has 0 fully saturated rings. The maximum Gasteiger partial charge on any atom is 0.213 e. The molecule has 0 radical (unpaired) electrons. The Kier molecular flexibility index (Phi) is 3.43. The Morgan fingerprint density at radius 3 is 3.10 bits per heavy atom. The van der Waals surface area contributed by atoms with Gasteiger partial charge in [0.15, 0.2) is 0 Å². The minimum Gasteiger partial charge on any atom is -0.490 e. The van der Waals surface area contributed by atoms with Crippen molar-refractivity contribution in [1.29, 1.82) is 0 Å². The first-order chi connectivity index (χ1) is 9.76. The Bertz CT molecular complexity index is 615. The van der Waals surface area contributed by atoms with Crippen LogP contribution in [0.4, 0.5) is 0 Å². The van der Waals surface area contributed by atoms with E-state index in [1.54, 1.807) is 19.2 Å². The van der Waals surface area contributed by atoms with Crippen LogP contribution >= 0.6 is 0 Å². The number of aliphatic hydroxyl groups excluding tert-OH is 1. The van der Waals surface area contributed by atoms with Crippen molar-refractivity contribution in [3.8, 4) is 17.4 Å². The SMILES string of the molecule is COc1cccc(COc2ccc3c(c2)OCC3O)n1. The fourth-order valence-electron chi connectivity index (χ4n) is 2.07. The quantitative estimate of drug-likeness (QED) is 0.924. The lowest BCUT2D eigenvalue weighted by Gasteiger charge is -2.08. The maximum absolute atomic E-state index is 9.65. The van der Waals surface area contributed by atoms with Gasteiger partial charge in [-0.15, -0.1) is 0 Å². The lowest BCUT2D eigenvalue weighted by atomic mass is 10.1. The van der Waals surface area contributed by atoms with Gasteiger partial charge in [-0.25, -0.2) is 4.98 Å². The molecule has 5 heteroatoms. The van der Waals surface area contributed by atoms with Crippen LogP contribution < -0.4 is 14.2 Å². The van der Waals surface area contributed by atoms with Crippen molar-refractivity contribution < 1.29 is 19.3 Å². The molecular formula is C15H15NO4. The van der Waals surface area contributed by atoms with E-state index in [9.17, 15) is 5.11 Å². The highest BCUT2D eigenvalue weighted by Gasteiger charge is 2.22. The third kappa shape index (κ3) is 2.53. The molecule has 1 aromatic carbocycles. The van der Waals surface area contributed by atoms with Crippen LogP contribution in [-0.4, -0.2) is 23.8 Å². The van der Waals surface area contributed by atoms with E-state index in [4.69, 9.17) is 14.2 Å². The molecule has 0 amide bonds. The van der Waals surface area contributed by atoms with Gasteiger partial charge in [0.05, 0.1) is 12.8 Å². The second kappa shape index (κ2) is 5.38. The fourth-order valence-corrected chi connectivity index (χ4v) is 2.07. The first-order valence-electron chi connectivity index (χ1n) is 6.34. The summed E-state index contributed by atoms with van der Waals surface area (Å²) in [7, 11) is 1.58. The van der Waals surface area contributed by atoms with Gasteiger partial charge in [0, 0.05) is 17.7 Å². The van der Waals surface area contributed by atoms with Crippen LogP contribution in [0.15, 0.2) is 36.4 Å². The molecule has 1 aliphatic heterocycles. The van der Waals surface area contributed by atoms with E-state index < -0.39 is 6.10 Å². The van der Waals surface area contributed by atoms with Gasteiger partial charge >= 0.3 is 0 Å². The number of benzene rings is 1. The summed E-state index contributed by atoms with van der Waals surface area (Å²) in [4.78, 5) is 4.27. The molecule has 2 aromatic rings. The summed E-state index contributed by atoms with van der Waals surface area (Å²) in [5, 5.41) is 9.65. The Labute approximate surface area is 116 Å². The minimum absolute atomic E-state index is 0.302. The van der Waals surface area contributed by atoms with Crippen molar-refractivity contribution in [3.63, 3.8) is 0 Å². The van der Waals surface area contributed by atoms with E-state index in [0.29, 0.717) is 30.6 Å². The van der Waals surface area contributed by atoms with Crippen molar-refractivity contribution in [2.75, 3.05) is 13.7 Å². The summed E-state index contributed by atoms with van der Waals surface area (Å²) in [6.07, 6.45) is -0.542. The largest absolute Gasteiger partial charge is 0.490 e. The first kappa shape index (κ1) is 12.7. The Morgan fingerprint density at radius 2 is 2.25 bits per heavy atom. The van der Waals surface area contributed by atoms with Gasteiger partial charge in [-0.1, -0.05) is 6.07 Å². The van der Waals surface area contributed by atoms with Crippen LogP contribution in [-0.2, 0) is 6.61 Å². The van der Waals surface area contributed by atoms with Crippen molar-refractivity contribution in [1.82, 2.24) is 4.98 Å². The molecule has 1 unspecified atom stereocenters. The maximum atomic E-state index is 9.65. The third-order valence-corrected chi connectivity index (χ3v) is 3.12. The molecule has 0 aliphatic carbocycles. The Morgan fingerprint density at radius 1 is 1.35 bits per heavy atom. The highest BCUT2D eigenvalue weighted by atomic mass is 16.5. The number of pyridine rings is 1. The Hall–Kier alpha value is -2.27. The smallest absolute Gasteiger partial charge is 0.213 e. The van der Waals surface area contributed by atoms with E-state index in [1.165, 1.54) is 0 Å². The second-order valence-corrected chi connectivity index (χ2v) is 4.49. The van der Waals surface area contributed by atoms with Gasteiger partial charge in [-0.2, -0.15) is 0 Å². The van der Waals surface area contributed by atoms with E-state index in [1.807, 2.05) is 24.3 Å². The molecular weight excluding hydrogens is 258 g/mol. The zero-order chi connectivity index (χ0) is 13.9. The summed E-state index contributed by atoms with van der Waals surface area (Å²) < 4.78 is 16.1. The topological polar surface area (TPSA) is 60.8 Å². The molecule has 3 rings (SSSR count). The summed E-state index contributed by atoms with van der Waals surface area (Å²) in [6.45, 7) is 0.648. The van der Waals surface area contributed by atoms with Crippen molar-refractivity contribution in [2.45, 2.75) is 12.7 Å². The summed E-state index contributed by atoms with van der Waals surface area (Å²) in [5.74, 6) is 1.92. The van der Waals surface area contributed by atoms with Crippen LogP contribution in [0.5, 0.6) is 17.4 Å². The number of hydrogen-bond donors (Lipinski definition) is 1. The number of aromatic nitrogens is 1. The lowest BCUT2D eigenvalue weighted by molar-refractivity contribution is 0.140. The predicted octanol–water partition coefficient (Wildman–Crippen LogP) is 2.10. The molecule has 20 heavy (non-hydrogen) atoms. The number of nitrogens with zero attached hydrogens (tertiary/aromatic N) is 1. The first-order valence-corrected chi connectivity index (χ1v) is 6.34. The number of aliphatic hydroxyl groups is 1. The molecule has 2 heterocycles. The molecule has 1 aliphatic rings. The highest BCUT2D eigenvalue weighted by molar-refractivity contribution is 5.44. The number of hydrogen-bond acceptors (Lipinski definition) is 5. The average molecular weight is 273 g/mol. The number of rotatable bonds is 4. The van der Waals surface area contributed by atoms with Crippen LogP contribution in [0.1, 0.15) is 17.4 Å². The molecule has 104 valence electrons. The third-order valence-electron chi connectivity index (χ3n) is 3.12. The van der Waals surface area contributed by atoms with Gasteiger partial charge in [0.25, 0.3) is 0 Å². The van der Waals surface area contributed by atoms with Gasteiger partial charge in [-0.05, 0) is 18.2 Å². The van der Waals surface area contributed by atoms with Gasteiger partial charge in [0.2, 0.25) is 5.88 Å². The van der Waals surface area contributed by atoms with Crippen molar-refractivity contribution >= 4 is 0 Å². The number of methoxy groups -OCH3 is 1. The van der Waals surface area contributed by atoms with E-state index >= 15 is 0 Å². The number of ether oxygens (including phenoxy) is 3. The average Bonchev–Trinajstić information content (AvgIpc) is 2.86. The van der Waals surface area contributed by atoms with Gasteiger partial charge in [0.1, 0.15) is 30.8 Å². The van der Waals surface area contributed by atoms with E-state index in [-0.39, 0.29) is 0 Å². The van der Waals surface area contributed by atoms with Gasteiger partial charge < -0.3 is 19.3 Å². The normalized spacial score (nSPS) is 16.4. The van der Waals surface area contributed by atoms with Crippen LogP contribution in [0.3, 0.4) is 0 Å². The highest BCUT2D eigenvalue weighted by Crippen LogP contribution is 2.35. The second-order valence-electron chi connectivity index (χ2n) is 4.49.